The summed E-state index contributed by atoms with van der Waals surface area (Å²) in [5.74, 6) is 0.511. The summed E-state index contributed by atoms with van der Waals surface area (Å²) in [7, 11) is 0. The van der Waals surface area contributed by atoms with Crippen LogP contribution in [0.3, 0.4) is 0 Å². The zero-order valence-electron chi connectivity index (χ0n) is 18.4. The van der Waals surface area contributed by atoms with Crippen molar-refractivity contribution < 1.29 is 8.81 Å². The number of oxazole rings is 1. The predicted octanol–water partition coefficient (Wildman–Crippen LogP) is 5.57. The molecule has 0 fully saturated rings. The highest BCUT2D eigenvalue weighted by Gasteiger charge is 2.18. The first-order valence-electron chi connectivity index (χ1n) is 10.6. The van der Waals surface area contributed by atoms with E-state index < -0.39 is 0 Å². The van der Waals surface area contributed by atoms with Crippen LogP contribution in [0.1, 0.15) is 16.8 Å². The third-order valence-electron chi connectivity index (χ3n) is 5.33. The van der Waals surface area contributed by atoms with Crippen molar-refractivity contribution >= 4 is 11.4 Å². The summed E-state index contributed by atoms with van der Waals surface area (Å²) in [6, 6.07) is 18.2. The Bertz CT molecular complexity index is 1440. The minimum atomic E-state index is -0.306. The zero-order chi connectivity index (χ0) is 23.5. The number of rotatable bonds is 7. The van der Waals surface area contributed by atoms with Crippen LogP contribution in [0.4, 0.5) is 10.1 Å². The zero-order valence-corrected chi connectivity index (χ0v) is 18.4. The summed E-state index contributed by atoms with van der Waals surface area (Å²) in [4.78, 5) is 13.4. The highest BCUT2D eigenvalue weighted by molar-refractivity contribution is 5.76. The van der Waals surface area contributed by atoms with Gasteiger partial charge in [-0.1, -0.05) is 55.1 Å². The Morgan fingerprint density at radius 2 is 1.88 bits per heavy atom. The Kier molecular flexibility index (Phi) is 5.70. The third kappa shape index (κ3) is 4.33. The molecule has 0 bridgehead atoms. The quantitative estimate of drug-likeness (QED) is 0.347. The first-order valence-corrected chi connectivity index (χ1v) is 10.6. The molecule has 0 saturated carbocycles. The highest BCUT2D eigenvalue weighted by Crippen LogP contribution is 2.26. The van der Waals surface area contributed by atoms with Crippen LogP contribution < -0.4 is 5.32 Å². The van der Waals surface area contributed by atoms with E-state index in [1.165, 1.54) is 12.3 Å². The van der Waals surface area contributed by atoms with Gasteiger partial charge in [-0.05, 0) is 18.6 Å². The Hall–Kier alpha value is -4.59. The van der Waals surface area contributed by atoms with Crippen LogP contribution in [0.25, 0.3) is 28.8 Å². The van der Waals surface area contributed by atoms with Crippen LogP contribution >= 0.6 is 0 Å². The number of hydrogen-bond donors (Lipinski definition) is 1. The fourth-order valence-electron chi connectivity index (χ4n) is 3.54. The van der Waals surface area contributed by atoms with Gasteiger partial charge >= 0.3 is 0 Å². The van der Waals surface area contributed by atoms with Crippen LogP contribution in [-0.4, -0.2) is 24.7 Å². The Morgan fingerprint density at radius 1 is 1.09 bits per heavy atom. The van der Waals surface area contributed by atoms with Crippen molar-refractivity contribution in [3.8, 4) is 23.1 Å². The van der Waals surface area contributed by atoms with E-state index in [1.807, 2.05) is 37.3 Å². The van der Waals surface area contributed by atoms with Crippen molar-refractivity contribution in [3.63, 3.8) is 0 Å². The lowest BCUT2D eigenvalue weighted by molar-refractivity contribution is 0.553. The van der Waals surface area contributed by atoms with E-state index in [0.717, 1.165) is 22.6 Å². The van der Waals surface area contributed by atoms with Gasteiger partial charge in [-0.2, -0.15) is 5.10 Å². The maximum absolute atomic E-state index is 14.3. The molecule has 0 spiro atoms. The van der Waals surface area contributed by atoms with Gasteiger partial charge < -0.3 is 9.73 Å². The number of benzene rings is 2. The topological polar surface area (TPSA) is 81.7 Å². The molecule has 8 heteroatoms. The summed E-state index contributed by atoms with van der Waals surface area (Å²) < 4.78 is 21.4. The Labute approximate surface area is 195 Å². The van der Waals surface area contributed by atoms with E-state index in [1.54, 1.807) is 41.3 Å². The van der Waals surface area contributed by atoms with Gasteiger partial charge in [0, 0.05) is 17.3 Å². The molecular formula is C26H21FN6O. The van der Waals surface area contributed by atoms with Gasteiger partial charge in [-0.3, -0.25) is 4.68 Å². The van der Waals surface area contributed by atoms with Crippen LogP contribution in [-0.2, 0) is 6.54 Å². The van der Waals surface area contributed by atoms with Crippen LogP contribution in [0, 0.1) is 12.7 Å². The molecule has 2 aromatic carbocycles. The van der Waals surface area contributed by atoms with Gasteiger partial charge in [0.05, 0.1) is 30.3 Å². The molecule has 0 aliphatic carbocycles. The lowest BCUT2D eigenvalue weighted by Crippen LogP contribution is -2.06. The Balaban J connectivity index is 1.46. The van der Waals surface area contributed by atoms with Crippen LogP contribution in [0.2, 0.25) is 0 Å². The maximum atomic E-state index is 14.3. The fourth-order valence-corrected chi connectivity index (χ4v) is 3.54. The molecule has 3 aromatic heterocycles. The molecule has 7 nitrogen and oxygen atoms in total. The molecule has 5 rings (SSSR count). The van der Waals surface area contributed by atoms with Crippen molar-refractivity contribution in [2.24, 2.45) is 0 Å². The number of nitrogens with one attached hydrogen (secondary N) is 1. The molecule has 0 aliphatic rings. The molecule has 5 aromatic rings. The molecule has 0 radical (unpaired) electrons. The van der Waals surface area contributed by atoms with Crippen LogP contribution in [0.15, 0.2) is 90.3 Å². The maximum Gasteiger partial charge on any atom is 0.244 e. The molecule has 0 aliphatic heterocycles. The normalized spacial score (nSPS) is 10.9. The van der Waals surface area contributed by atoms with E-state index in [0.29, 0.717) is 28.7 Å². The van der Waals surface area contributed by atoms with Crippen molar-refractivity contribution in [3.05, 3.63) is 109 Å². The molecular weight excluding hydrogens is 431 g/mol. The van der Waals surface area contributed by atoms with E-state index in [-0.39, 0.29) is 12.4 Å². The third-order valence-corrected chi connectivity index (χ3v) is 5.33. The number of anilines is 1. The van der Waals surface area contributed by atoms with Gasteiger partial charge in [0.15, 0.2) is 5.82 Å². The summed E-state index contributed by atoms with van der Waals surface area (Å²) >= 11 is 0. The Morgan fingerprint density at radius 3 is 2.62 bits per heavy atom. The lowest BCUT2D eigenvalue weighted by Gasteiger charge is -2.11. The summed E-state index contributed by atoms with van der Waals surface area (Å²) in [5.41, 5.74) is 4.85. The number of halogens is 1. The highest BCUT2D eigenvalue weighted by atomic mass is 19.1. The van der Waals surface area contributed by atoms with Crippen molar-refractivity contribution in [2.75, 3.05) is 5.32 Å². The fraction of sp³-hybridized carbons (Fsp3) is 0.0769. The molecule has 0 unspecified atom stereocenters. The van der Waals surface area contributed by atoms with E-state index in [4.69, 9.17) is 4.42 Å². The molecule has 3 heterocycles. The monoisotopic (exact) mass is 452 g/mol. The largest absolute Gasteiger partial charge is 0.443 e. The average Bonchev–Trinajstić information content (AvgIpc) is 3.52. The second kappa shape index (κ2) is 9.11. The second-order valence-electron chi connectivity index (χ2n) is 7.66. The van der Waals surface area contributed by atoms with Crippen molar-refractivity contribution in [1.82, 2.24) is 24.7 Å². The lowest BCUT2D eigenvalue weighted by atomic mass is 10.1. The number of nitrogens with zero attached hydrogens (tertiary/aromatic N) is 5. The first-order chi connectivity index (χ1) is 16.6. The SMILES string of the molecule is C=C(Nc1cnc(-c2cc(-c3ncco3)n(Cc3ccccc3F)n2)nc1C)c1ccccc1. The number of hydrogen-bond acceptors (Lipinski definition) is 6. The molecule has 0 saturated heterocycles. The summed E-state index contributed by atoms with van der Waals surface area (Å²) in [6.07, 6.45) is 4.73. The summed E-state index contributed by atoms with van der Waals surface area (Å²) in [6.45, 7) is 6.20. The van der Waals surface area contributed by atoms with Gasteiger partial charge in [-0.25, -0.2) is 19.3 Å². The molecule has 0 atom stereocenters. The van der Waals surface area contributed by atoms with E-state index in [2.05, 4.69) is 31.9 Å². The molecule has 168 valence electrons. The van der Waals surface area contributed by atoms with Crippen LogP contribution in [0.5, 0.6) is 0 Å². The standard InChI is InChI=1S/C26H21FN6O/c1-17(19-8-4-3-5-9-19)30-23-15-29-25(31-18(23)2)22-14-24(26-28-12-13-34-26)33(32-22)16-20-10-6-7-11-21(20)27/h3-15,30H,1,16H2,2H3. The minimum Gasteiger partial charge on any atom is -0.443 e. The van der Waals surface area contributed by atoms with Gasteiger partial charge in [-0.15, -0.1) is 0 Å². The van der Waals surface area contributed by atoms with Gasteiger partial charge in [0.2, 0.25) is 5.89 Å². The summed E-state index contributed by atoms with van der Waals surface area (Å²) in [5, 5.41) is 7.91. The molecule has 0 amide bonds. The number of aromatic nitrogens is 5. The van der Waals surface area contributed by atoms with Crippen molar-refractivity contribution in [1.29, 1.82) is 0 Å². The first kappa shape index (κ1) is 21.3. The van der Waals surface area contributed by atoms with E-state index >= 15 is 0 Å². The van der Waals surface area contributed by atoms with E-state index in [9.17, 15) is 4.39 Å². The average molecular weight is 452 g/mol. The molecule has 34 heavy (non-hydrogen) atoms. The number of aryl methyl sites for hydroxylation is 1. The predicted molar refractivity (Wildman–Crippen MR) is 128 cm³/mol. The molecule has 1 N–H and O–H groups in total. The van der Waals surface area contributed by atoms with Gasteiger partial charge in [0.1, 0.15) is 23.5 Å². The second-order valence-corrected chi connectivity index (χ2v) is 7.66. The minimum absolute atomic E-state index is 0.208. The smallest absolute Gasteiger partial charge is 0.244 e. The van der Waals surface area contributed by atoms with Crippen molar-refractivity contribution in [2.45, 2.75) is 13.5 Å². The van der Waals surface area contributed by atoms with Gasteiger partial charge in [0.25, 0.3) is 0 Å².